The zero-order valence-corrected chi connectivity index (χ0v) is 17.8. The summed E-state index contributed by atoms with van der Waals surface area (Å²) in [5.74, 6) is -0.0880. The van der Waals surface area contributed by atoms with E-state index in [1.54, 1.807) is 6.07 Å². The van der Waals surface area contributed by atoms with Gasteiger partial charge in [-0.25, -0.2) is 8.42 Å². The Morgan fingerprint density at radius 3 is 2.25 bits per heavy atom. The first-order valence-corrected chi connectivity index (χ1v) is 11.1. The molecule has 0 spiro atoms. The minimum atomic E-state index is -3.41. The summed E-state index contributed by atoms with van der Waals surface area (Å²) in [4.78, 5) is 14.2. The zero-order valence-electron chi connectivity index (χ0n) is 17.0. The fourth-order valence-electron chi connectivity index (χ4n) is 2.89. The number of nitrogens with one attached hydrogen (secondary N) is 1. The smallest absolute Gasteiger partial charge is 0.232 e. The van der Waals surface area contributed by atoms with Crippen LogP contribution in [0.3, 0.4) is 0 Å². The molecule has 0 heterocycles. The number of hydrogen-bond donors (Lipinski definition) is 1. The van der Waals surface area contributed by atoms with Gasteiger partial charge in [0.15, 0.2) is 0 Å². The molecule has 0 saturated heterocycles. The fourth-order valence-corrected chi connectivity index (χ4v) is 3.92. The molecule has 0 aliphatic carbocycles. The van der Waals surface area contributed by atoms with Gasteiger partial charge in [0.2, 0.25) is 15.9 Å². The van der Waals surface area contributed by atoms with Crippen molar-refractivity contribution < 1.29 is 13.2 Å². The maximum Gasteiger partial charge on any atom is 0.232 e. The second-order valence-corrected chi connectivity index (χ2v) is 8.97. The van der Waals surface area contributed by atoms with Crippen molar-refractivity contribution in [1.29, 1.82) is 0 Å². The molecular weight excluding hydrogens is 374 g/mol. The summed E-state index contributed by atoms with van der Waals surface area (Å²) in [6.07, 6.45) is 1.91. The number of nitrogens with zero attached hydrogens (tertiary/aromatic N) is 2. The van der Waals surface area contributed by atoms with E-state index in [0.29, 0.717) is 18.7 Å². The first kappa shape index (κ1) is 21.8. The van der Waals surface area contributed by atoms with Crippen LogP contribution in [0, 0.1) is 6.92 Å². The van der Waals surface area contributed by atoms with Gasteiger partial charge in [0.05, 0.1) is 11.9 Å². The van der Waals surface area contributed by atoms with Crippen molar-refractivity contribution in [1.82, 2.24) is 5.32 Å². The summed E-state index contributed by atoms with van der Waals surface area (Å²) in [6, 6.07) is 15.3. The van der Waals surface area contributed by atoms with Crippen LogP contribution in [0.1, 0.15) is 24.0 Å². The number of rotatable bonds is 9. The highest BCUT2D eigenvalue weighted by Gasteiger charge is 2.18. The molecule has 0 unspecified atom stereocenters. The molecule has 0 saturated carbocycles. The van der Waals surface area contributed by atoms with Gasteiger partial charge in [-0.2, -0.15) is 0 Å². The number of anilines is 2. The Balaban J connectivity index is 1.86. The van der Waals surface area contributed by atoms with E-state index in [2.05, 4.69) is 5.32 Å². The average Bonchev–Trinajstić information content (AvgIpc) is 2.64. The number of carbonyl (C=O) groups is 1. The van der Waals surface area contributed by atoms with Gasteiger partial charge in [0, 0.05) is 39.3 Å². The minimum absolute atomic E-state index is 0.0880. The van der Waals surface area contributed by atoms with Crippen molar-refractivity contribution in [2.45, 2.75) is 26.3 Å². The van der Waals surface area contributed by atoms with Crippen LogP contribution in [-0.4, -0.2) is 41.2 Å². The Labute approximate surface area is 168 Å². The first-order valence-electron chi connectivity index (χ1n) is 9.25. The average molecular weight is 404 g/mol. The van der Waals surface area contributed by atoms with Crippen LogP contribution in [0.25, 0.3) is 0 Å². The largest absolute Gasteiger partial charge is 0.378 e. The van der Waals surface area contributed by atoms with E-state index in [1.165, 1.54) is 10.6 Å². The SMILES string of the molecule is Cc1ccccc1N(CCCC(=O)NCc1ccc(N(C)C)cc1)S(C)(=O)=O. The van der Waals surface area contributed by atoms with Crippen molar-refractivity contribution in [3.63, 3.8) is 0 Å². The maximum atomic E-state index is 12.2. The minimum Gasteiger partial charge on any atom is -0.378 e. The molecule has 0 radical (unpaired) electrons. The summed E-state index contributed by atoms with van der Waals surface area (Å²) in [7, 11) is 0.552. The second-order valence-electron chi connectivity index (χ2n) is 7.06. The highest BCUT2D eigenvalue weighted by atomic mass is 32.2. The van der Waals surface area contributed by atoms with Crippen LogP contribution in [0.15, 0.2) is 48.5 Å². The van der Waals surface area contributed by atoms with Crippen LogP contribution in [0.4, 0.5) is 11.4 Å². The van der Waals surface area contributed by atoms with Crippen LogP contribution >= 0.6 is 0 Å². The van der Waals surface area contributed by atoms with Crippen molar-refractivity contribution in [3.8, 4) is 0 Å². The number of amides is 1. The normalized spacial score (nSPS) is 11.1. The van der Waals surface area contributed by atoms with Crippen LogP contribution in [0.5, 0.6) is 0 Å². The van der Waals surface area contributed by atoms with E-state index in [-0.39, 0.29) is 18.9 Å². The summed E-state index contributed by atoms with van der Waals surface area (Å²) < 4.78 is 25.7. The Bertz CT molecular complexity index is 893. The van der Waals surface area contributed by atoms with Crippen molar-refractivity contribution in [2.24, 2.45) is 0 Å². The van der Waals surface area contributed by atoms with Gasteiger partial charge in [-0.05, 0) is 42.7 Å². The van der Waals surface area contributed by atoms with Crippen molar-refractivity contribution in [2.75, 3.05) is 36.1 Å². The first-order chi connectivity index (χ1) is 13.2. The maximum absolute atomic E-state index is 12.2. The number of aryl methyl sites for hydroxylation is 1. The Hall–Kier alpha value is -2.54. The molecule has 0 bridgehead atoms. The van der Waals surface area contributed by atoms with E-state index >= 15 is 0 Å². The van der Waals surface area contributed by atoms with Gasteiger partial charge >= 0.3 is 0 Å². The molecule has 6 nitrogen and oxygen atoms in total. The van der Waals surface area contributed by atoms with E-state index in [1.807, 2.05) is 68.4 Å². The second kappa shape index (κ2) is 9.59. The molecule has 0 atom stereocenters. The molecule has 2 aromatic rings. The molecule has 0 fully saturated rings. The lowest BCUT2D eigenvalue weighted by atomic mass is 10.2. The number of para-hydroxylation sites is 1. The summed E-state index contributed by atoms with van der Waals surface area (Å²) in [6.45, 7) is 2.61. The topological polar surface area (TPSA) is 69.7 Å². The molecule has 152 valence electrons. The lowest BCUT2D eigenvalue weighted by Gasteiger charge is -2.24. The van der Waals surface area contributed by atoms with Crippen LogP contribution in [0.2, 0.25) is 0 Å². The Morgan fingerprint density at radius 1 is 1.04 bits per heavy atom. The number of benzene rings is 2. The lowest BCUT2D eigenvalue weighted by molar-refractivity contribution is -0.121. The molecule has 0 aromatic heterocycles. The van der Waals surface area contributed by atoms with Crippen LogP contribution in [-0.2, 0) is 21.4 Å². The Morgan fingerprint density at radius 2 is 1.68 bits per heavy atom. The van der Waals surface area contributed by atoms with Crippen molar-refractivity contribution >= 4 is 27.3 Å². The third-order valence-electron chi connectivity index (χ3n) is 4.49. The van der Waals surface area contributed by atoms with Gasteiger partial charge in [0.25, 0.3) is 0 Å². The predicted octanol–water partition coefficient (Wildman–Crippen LogP) is 2.92. The third kappa shape index (κ3) is 6.27. The standard InChI is InChI=1S/C21H29N3O3S/c1-17-8-5-6-9-20(17)24(28(4,26)27)15-7-10-21(25)22-16-18-11-13-19(14-12-18)23(2)3/h5-6,8-9,11-14H,7,10,15-16H2,1-4H3,(H,22,25). The zero-order chi connectivity index (χ0) is 20.7. The molecule has 28 heavy (non-hydrogen) atoms. The van der Waals surface area contributed by atoms with Crippen molar-refractivity contribution in [3.05, 3.63) is 59.7 Å². The molecule has 1 N–H and O–H groups in total. The highest BCUT2D eigenvalue weighted by Crippen LogP contribution is 2.22. The van der Waals surface area contributed by atoms with E-state index in [9.17, 15) is 13.2 Å². The predicted molar refractivity (Wildman–Crippen MR) is 115 cm³/mol. The van der Waals surface area contributed by atoms with E-state index < -0.39 is 10.0 Å². The van der Waals surface area contributed by atoms with E-state index in [0.717, 1.165) is 16.8 Å². The molecule has 0 aliphatic heterocycles. The molecular formula is C21H29N3O3S. The molecule has 2 aromatic carbocycles. The fraction of sp³-hybridized carbons (Fsp3) is 0.381. The van der Waals surface area contributed by atoms with E-state index in [4.69, 9.17) is 0 Å². The van der Waals surface area contributed by atoms with Gasteiger partial charge in [-0.1, -0.05) is 30.3 Å². The monoisotopic (exact) mass is 403 g/mol. The van der Waals surface area contributed by atoms with Gasteiger partial charge in [-0.15, -0.1) is 0 Å². The van der Waals surface area contributed by atoms with Gasteiger partial charge < -0.3 is 10.2 Å². The molecule has 0 aliphatic rings. The highest BCUT2D eigenvalue weighted by molar-refractivity contribution is 7.92. The van der Waals surface area contributed by atoms with Gasteiger partial charge in [-0.3, -0.25) is 9.10 Å². The summed E-state index contributed by atoms with van der Waals surface area (Å²) in [5.41, 5.74) is 3.67. The molecule has 7 heteroatoms. The number of sulfonamides is 1. The Kier molecular flexibility index (Phi) is 7.45. The quantitative estimate of drug-likeness (QED) is 0.699. The number of hydrogen-bond acceptors (Lipinski definition) is 4. The summed E-state index contributed by atoms with van der Waals surface area (Å²) in [5, 5.41) is 2.89. The van der Waals surface area contributed by atoms with Crippen LogP contribution < -0.4 is 14.5 Å². The third-order valence-corrected chi connectivity index (χ3v) is 5.67. The lowest BCUT2D eigenvalue weighted by Crippen LogP contribution is -2.32. The van der Waals surface area contributed by atoms with Gasteiger partial charge in [0.1, 0.15) is 0 Å². The number of carbonyl (C=O) groups excluding carboxylic acids is 1. The molecule has 2 rings (SSSR count). The summed E-state index contributed by atoms with van der Waals surface area (Å²) >= 11 is 0. The molecule has 1 amide bonds.